The van der Waals surface area contributed by atoms with E-state index in [1.54, 1.807) is 178 Å². The first-order chi connectivity index (χ1) is 71.0. The molecular formula is C122H144O27. The predicted molar refractivity (Wildman–Crippen MR) is 595 cm³/mol. The molecule has 27 heteroatoms. The second kappa shape index (κ2) is 76.2. The lowest BCUT2D eigenvalue weighted by Crippen LogP contribution is -2.46. The molecule has 0 radical (unpaired) electrons. The van der Waals surface area contributed by atoms with E-state index in [-0.39, 0.29) is 157 Å². The van der Waals surface area contributed by atoms with E-state index in [1.165, 1.54) is 66.3 Å². The number of fused-ring (bicyclic) bond motifs is 6. The van der Waals surface area contributed by atoms with Gasteiger partial charge in [0.1, 0.15) is 94.7 Å². The van der Waals surface area contributed by atoms with Gasteiger partial charge in [-0.15, -0.1) is 26.3 Å². The molecule has 794 valence electrons. The van der Waals surface area contributed by atoms with Gasteiger partial charge in [-0.3, -0.25) is 24.0 Å². The quantitative estimate of drug-likeness (QED) is 0.00406. The Labute approximate surface area is 873 Å². The van der Waals surface area contributed by atoms with Crippen molar-refractivity contribution in [3.05, 3.63) is 474 Å². The average molecular weight is 2040 g/mol. The fourth-order valence-corrected chi connectivity index (χ4v) is 13.9. The van der Waals surface area contributed by atoms with Crippen molar-refractivity contribution < 1.29 is 136 Å². The minimum atomic E-state index is -0.486. The number of hydrogen-bond donors (Lipinski definition) is 20. The standard InChI is InChI=1S/C14H14O3.2C14H12O3.C14H14O3.C11H16O3.C10H14O2.C10H12O.C8H8O.C7H8O2.C7H14O.C6H8O2.C3H4O2.C3H6.CH2O/c1-7-10-3-2-8-4-9(16)5-12(17)13(8)14(10)11(7)6-15;15-10-4-3-8-1-2-9-5-11(16)7-13(17)14(9)12(8)6-10;15-12-5-3-10(4-6-12)1-2-11-7-13(16)9-14(17)8-11;1-10-3-5-12(6-4-11(2)16)9-13(10)14(17)7-8-15;1-7(8(2)12)5-9-3-4-10(13)6-11(9)14;1-2-3-4-5-6-7-10(12)8-9-11;1-3-5-7-10(4-2)8-6-9-11;1-2-7-3-5-8(9)6-4-7;1-5-2-3-6(8)4-7(5)9;1-3-4-5-6-7(2)8;7-5-2-1-3-6(8)4-5;4-2-1-3-5;1-3-2;1-2/h2-7,11,13-14,16-17H,1H3;1-7,12,14-17H;1-9,15-17H;3-9,15-16H,1H2,2H3;4,6-7,9,12-14H,2-3,5H2,1H3;2,6-9,11H,1,3-5H2;3-4,6-9H,1-2,5H2;2-6,9H,1H2;2-5,8H,1H3;3,7-8H,1,4-6H2,2H3;1-2,4,6-8H,3H2;1-4H;3H,1H2,2H3;1H2/b;;2-1+;8-7+,11-4?,12-6?;;7-6-,9-8?;8-6+,10-7+;;;;;2-1+;;. The fourth-order valence-electron chi connectivity index (χ4n) is 13.9. The van der Waals surface area contributed by atoms with E-state index in [4.69, 9.17) is 70.9 Å². The lowest BCUT2D eigenvalue weighted by molar-refractivity contribution is -0.117. The van der Waals surface area contributed by atoms with E-state index >= 15 is 0 Å². The summed E-state index contributed by atoms with van der Waals surface area (Å²) >= 11 is 0. The molecule has 11 unspecified atom stereocenters. The van der Waals surface area contributed by atoms with Gasteiger partial charge in [0.15, 0.2) is 17.3 Å². The third-order valence-electron chi connectivity index (χ3n) is 21.5. The first-order valence-electron chi connectivity index (χ1n) is 47.1. The Morgan fingerprint density at radius 1 is 0.550 bits per heavy atom. The van der Waals surface area contributed by atoms with Crippen molar-refractivity contribution in [2.75, 3.05) is 0 Å². The summed E-state index contributed by atoms with van der Waals surface area (Å²) in [5, 5.41) is 183. The van der Waals surface area contributed by atoms with E-state index in [0.29, 0.717) is 60.2 Å². The number of aromatic hydroxyl groups is 4. The SMILES string of the molecule is C=C(O)C(C)CC1CC=C(O)C=C1O.C=CC.C=CC/C=C(C=C)/C=C/C=O.C=CCCC/C=C\C(=O)C=CO.C=CCCCC(C)O.C=Cc1ccc(O)cc1.C=O.C=c1ccc(=CC=C(C)O)cc1C(=O)/C=C/O.CC1C2=CC=C3C=C(O)C=C(O)C3C2C1C=O.CC1C=CC(O)=CC1=O.O=C/C=C/O.OC1=CC(O)CC=C1.OC1=CC2=CC=C3C=CC(O)=CC3C2C(O)=C1.Oc1ccc(/C=C/c2cc(O)cc(O)c2)cc1. The van der Waals surface area contributed by atoms with E-state index in [0.717, 1.165) is 121 Å². The minimum Gasteiger partial charge on any atom is -0.515 e. The normalized spacial score (nSPS) is 19.3. The Balaban J connectivity index is 0.00000162. The highest BCUT2D eigenvalue weighted by Gasteiger charge is 2.50. The van der Waals surface area contributed by atoms with Crippen LogP contribution in [0, 0.1) is 53.3 Å². The summed E-state index contributed by atoms with van der Waals surface area (Å²) in [5.41, 5.74) is 8.03. The molecular weight excluding hydrogens is 1900 g/mol. The van der Waals surface area contributed by atoms with Gasteiger partial charge in [0.05, 0.1) is 54.2 Å². The Kier molecular flexibility index (Phi) is 67.3. The maximum atomic E-state index is 11.6. The van der Waals surface area contributed by atoms with Crippen LogP contribution in [0.3, 0.4) is 0 Å². The molecule has 27 nitrogen and oxygen atoms in total. The number of phenolic OH excluding ortho intramolecular Hbond substituents is 4. The molecule has 0 amide bonds. The number of hydrogen-bond acceptors (Lipinski definition) is 27. The third-order valence-corrected chi connectivity index (χ3v) is 21.5. The van der Waals surface area contributed by atoms with Crippen molar-refractivity contribution in [1.29, 1.82) is 0 Å². The highest BCUT2D eigenvalue weighted by Crippen LogP contribution is 2.55. The number of rotatable bonds is 26. The molecule has 0 aliphatic heterocycles. The molecule has 9 aliphatic carbocycles. The number of aliphatic hydroxyl groups is 16. The predicted octanol–water partition coefficient (Wildman–Crippen LogP) is 24.9. The van der Waals surface area contributed by atoms with Gasteiger partial charge in [-0.2, -0.15) is 0 Å². The molecule has 4 aromatic rings. The van der Waals surface area contributed by atoms with Gasteiger partial charge >= 0.3 is 0 Å². The van der Waals surface area contributed by atoms with Gasteiger partial charge in [0.25, 0.3) is 0 Å². The maximum Gasteiger partial charge on any atom is 0.189 e. The number of aldehydes is 3. The number of aliphatic hydroxyl groups excluding tert-OH is 16. The molecule has 0 heterocycles. The van der Waals surface area contributed by atoms with Gasteiger partial charge in [-0.05, 0) is 250 Å². The molecule has 0 aromatic heterocycles. The fraction of sp³-hybridized carbons (Fsp3) is 0.221. The second-order valence-electron chi connectivity index (χ2n) is 33.3. The number of phenols is 4. The highest BCUT2D eigenvalue weighted by molar-refractivity contribution is 6.04. The largest absolute Gasteiger partial charge is 0.515 e. The molecule has 1 saturated carbocycles. The zero-order valence-corrected chi connectivity index (χ0v) is 85.0. The first kappa shape index (κ1) is 132. The number of allylic oxidation sites excluding steroid dienone is 39. The Morgan fingerprint density at radius 2 is 1.11 bits per heavy atom. The summed E-state index contributed by atoms with van der Waals surface area (Å²) in [6.45, 7) is 41.4. The molecule has 20 N–H and O–H groups in total. The molecule has 4 aromatic carbocycles. The van der Waals surface area contributed by atoms with Gasteiger partial charge in [0.2, 0.25) is 0 Å². The number of unbranched alkanes of at least 4 members (excludes halogenated alkanes) is 3. The minimum absolute atomic E-state index is 0.0233. The summed E-state index contributed by atoms with van der Waals surface area (Å²) in [6, 6.07) is 23.2. The monoisotopic (exact) mass is 2040 g/mol. The van der Waals surface area contributed by atoms with E-state index in [1.807, 2.05) is 101 Å². The molecule has 11 atom stereocenters. The summed E-state index contributed by atoms with van der Waals surface area (Å²) in [5.74, 6) is 1.22. The van der Waals surface area contributed by atoms with Crippen LogP contribution < -0.4 is 10.4 Å². The van der Waals surface area contributed by atoms with Crippen molar-refractivity contribution in [2.45, 2.75) is 118 Å². The Bertz CT molecular complexity index is 5970. The smallest absolute Gasteiger partial charge is 0.189 e. The van der Waals surface area contributed by atoms with Crippen LogP contribution >= 0.6 is 0 Å². The lowest BCUT2D eigenvalue weighted by Gasteiger charge is -2.49. The van der Waals surface area contributed by atoms with Crippen LogP contribution in [0.5, 0.6) is 23.0 Å². The zero-order valence-electron chi connectivity index (χ0n) is 85.0. The zero-order chi connectivity index (χ0) is 112. The third kappa shape index (κ3) is 54.7. The summed E-state index contributed by atoms with van der Waals surface area (Å²) in [4.78, 5) is 71.2. The molecule has 13 rings (SSSR count). The van der Waals surface area contributed by atoms with Crippen LogP contribution in [0.15, 0.2) is 441 Å². The Morgan fingerprint density at radius 3 is 1.60 bits per heavy atom. The van der Waals surface area contributed by atoms with Crippen molar-refractivity contribution in [1.82, 2.24) is 0 Å². The van der Waals surface area contributed by atoms with Crippen molar-refractivity contribution in [2.24, 2.45) is 53.3 Å². The lowest BCUT2D eigenvalue weighted by atomic mass is 9.54. The second-order valence-corrected chi connectivity index (χ2v) is 33.3. The maximum absolute atomic E-state index is 11.6. The molecule has 149 heavy (non-hydrogen) atoms. The van der Waals surface area contributed by atoms with Crippen molar-refractivity contribution in [3.63, 3.8) is 0 Å². The molecule has 0 bridgehead atoms. The Hall–Kier alpha value is -17.4. The summed E-state index contributed by atoms with van der Waals surface area (Å²) in [6.07, 6.45) is 72.5. The summed E-state index contributed by atoms with van der Waals surface area (Å²) in [7, 11) is 0. The molecule has 9 aliphatic rings. The van der Waals surface area contributed by atoms with Crippen LogP contribution in [-0.2, 0) is 28.8 Å². The average Bonchev–Trinajstić information content (AvgIpc) is 0.724. The number of carbonyl (C=O) groups is 7. The van der Waals surface area contributed by atoms with Crippen LogP contribution in [0.1, 0.15) is 133 Å². The molecule has 0 saturated heterocycles. The van der Waals surface area contributed by atoms with Crippen molar-refractivity contribution >= 4 is 73.9 Å². The van der Waals surface area contributed by atoms with Crippen LogP contribution in [0.2, 0.25) is 0 Å². The number of ketones is 3. The molecule has 0 spiro atoms. The van der Waals surface area contributed by atoms with E-state index in [2.05, 4.69) is 52.6 Å². The van der Waals surface area contributed by atoms with Gasteiger partial charge in [0, 0.05) is 95.6 Å². The van der Waals surface area contributed by atoms with E-state index < -0.39 is 6.10 Å². The van der Waals surface area contributed by atoms with Crippen molar-refractivity contribution in [3.8, 4) is 23.0 Å². The highest BCUT2D eigenvalue weighted by atomic mass is 16.3. The van der Waals surface area contributed by atoms with Gasteiger partial charge in [-0.25, -0.2) is 0 Å². The van der Waals surface area contributed by atoms with Gasteiger partial charge in [-0.1, -0.05) is 205 Å². The van der Waals surface area contributed by atoms with Crippen LogP contribution in [0.25, 0.3) is 30.9 Å². The topological polar surface area (TPSA) is 524 Å². The molecule has 1 fully saturated rings. The van der Waals surface area contributed by atoms with Gasteiger partial charge < -0.3 is 112 Å². The number of carbonyl (C=O) groups excluding carboxylic acids is 7. The van der Waals surface area contributed by atoms with Crippen LogP contribution in [-0.4, -0.2) is 157 Å². The number of benzene rings is 4. The van der Waals surface area contributed by atoms with Crippen LogP contribution in [0.4, 0.5) is 0 Å². The van der Waals surface area contributed by atoms with E-state index in [9.17, 15) is 64.8 Å². The first-order valence-corrected chi connectivity index (χ1v) is 47.1. The summed E-state index contributed by atoms with van der Waals surface area (Å²) < 4.78 is 0.